The van der Waals surface area contributed by atoms with E-state index < -0.39 is 18.4 Å². The molecule has 0 atom stereocenters. The van der Waals surface area contributed by atoms with Crippen LogP contribution in [0.3, 0.4) is 0 Å². The van der Waals surface area contributed by atoms with Gasteiger partial charge in [-0.3, -0.25) is 14.6 Å². The van der Waals surface area contributed by atoms with Gasteiger partial charge in [0.15, 0.2) is 0 Å². The summed E-state index contributed by atoms with van der Waals surface area (Å²) in [5.74, 6) is -2.34. The maximum atomic E-state index is 13.1. The third kappa shape index (κ3) is 6.07. The minimum Gasteiger partial charge on any atom is -0.382 e. The van der Waals surface area contributed by atoms with E-state index in [0.29, 0.717) is 53.9 Å². The Hall–Kier alpha value is -3.94. The highest BCUT2D eigenvalue weighted by Crippen LogP contribution is 2.31. The number of hydrogen-bond donors (Lipinski definition) is 2. The maximum Gasteiger partial charge on any atom is 0.449 e. The number of amides is 1. The molecule has 4 rings (SSSR count). The minimum atomic E-state index is -4.80. The van der Waals surface area contributed by atoms with E-state index in [4.69, 9.17) is 5.26 Å². The molecule has 8 nitrogen and oxygen atoms in total. The Kier molecular flexibility index (Phi) is 7.47. The number of pyridine rings is 1. The van der Waals surface area contributed by atoms with Gasteiger partial charge in [0.05, 0.1) is 39.9 Å². The summed E-state index contributed by atoms with van der Waals surface area (Å²) in [6.45, 7) is 3.89. The SMILES string of the molecule is CC(C)Nc1cc(-c2ccc3cc(C#N)cnn23)ncc1C(=O)NC1CCC(CC(=O)C(F)(F)F)CC1. The molecule has 3 aromatic heterocycles. The summed E-state index contributed by atoms with van der Waals surface area (Å²) in [5, 5.41) is 19.7. The predicted molar refractivity (Wildman–Crippen MR) is 131 cm³/mol. The summed E-state index contributed by atoms with van der Waals surface area (Å²) in [6, 6.07) is 9.07. The Bertz CT molecular complexity index is 1350. The van der Waals surface area contributed by atoms with Gasteiger partial charge in [-0.25, -0.2) is 4.52 Å². The fourth-order valence-electron chi connectivity index (χ4n) is 4.61. The third-order valence-corrected chi connectivity index (χ3v) is 6.46. The zero-order valence-electron chi connectivity index (χ0n) is 20.5. The van der Waals surface area contributed by atoms with Gasteiger partial charge in [0.1, 0.15) is 6.07 Å². The molecule has 1 fully saturated rings. The summed E-state index contributed by atoms with van der Waals surface area (Å²) in [6.07, 6.45) is -0.429. The molecule has 2 N–H and O–H groups in total. The largest absolute Gasteiger partial charge is 0.449 e. The van der Waals surface area contributed by atoms with Crippen molar-refractivity contribution >= 4 is 22.9 Å². The van der Waals surface area contributed by atoms with E-state index in [1.54, 1.807) is 16.6 Å². The van der Waals surface area contributed by atoms with Crippen molar-refractivity contribution in [1.82, 2.24) is 19.9 Å². The molecular formula is C26H27F3N6O2. The van der Waals surface area contributed by atoms with Crippen LogP contribution in [-0.4, -0.2) is 44.5 Å². The van der Waals surface area contributed by atoms with Gasteiger partial charge in [-0.2, -0.15) is 23.5 Å². The summed E-state index contributed by atoms with van der Waals surface area (Å²) < 4.78 is 39.4. The number of nitrogens with zero attached hydrogens (tertiary/aromatic N) is 4. The van der Waals surface area contributed by atoms with Crippen molar-refractivity contribution in [1.29, 1.82) is 5.26 Å². The van der Waals surface area contributed by atoms with Crippen LogP contribution in [0.15, 0.2) is 36.7 Å². The van der Waals surface area contributed by atoms with Crippen LogP contribution in [0.5, 0.6) is 0 Å². The quantitative estimate of drug-likeness (QED) is 0.466. The lowest BCUT2D eigenvalue weighted by atomic mass is 9.83. The number of nitriles is 1. The molecule has 3 aromatic rings. The number of fused-ring (bicyclic) bond motifs is 1. The fourth-order valence-corrected chi connectivity index (χ4v) is 4.61. The summed E-state index contributed by atoms with van der Waals surface area (Å²) in [5.41, 5.74) is 3.42. The molecule has 0 spiro atoms. The highest BCUT2D eigenvalue weighted by Gasteiger charge is 2.39. The number of rotatable bonds is 7. The lowest BCUT2D eigenvalue weighted by Gasteiger charge is -2.29. The average Bonchev–Trinajstić information content (AvgIpc) is 3.27. The molecular weight excluding hydrogens is 485 g/mol. The number of nitrogens with one attached hydrogen (secondary N) is 2. The van der Waals surface area contributed by atoms with E-state index in [0.717, 1.165) is 5.52 Å². The van der Waals surface area contributed by atoms with Crippen molar-refractivity contribution in [3.05, 3.63) is 47.8 Å². The third-order valence-electron chi connectivity index (χ3n) is 6.46. The molecule has 194 valence electrons. The molecule has 37 heavy (non-hydrogen) atoms. The van der Waals surface area contributed by atoms with E-state index in [1.807, 2.05) is 26.0 Å². The fraction of sp³-hybridized carbons (Fsp3) is 0.423. The number of carbonyl (C=O) groups is 2. The summed E-state index contributed by atoms with van der Waals surface area (Å²) >= 11 is 0. The molecule has 0 unspecified atom stereocenters. The van der Waals surface area contributed by atoms with E-state index in [2.05, 4.69) is 26.8 Å². The van der Waals surface area contributed by atoms with Crippen LogP contribution in [0.2, 0.25) is 0 Å². The topological polar surface area (TPSA) is 112 Å². The van der Waals surface area contributed by atoms with Crippen LogP contribution in [0, 0.1) is 17.2 Å². The number of halogens is 3. The van der Waals surface area contributed by atoms with E-state index in [-0.39, 0.29) is 23.9 Å². The van der Waals surface area contributed by atoms with Crippen LogP contribution < -0.4 is 10.6 Å². The number of alkyl halides is 3. The lowest BCUT2D eigenvalue weighted by molar-refractivity contribution is -0.172. The van der Waals surface area contributed by atoms with Gasteiger partial charge >= 0.3 is 6.18 Å². The molecule has 1 aliphatic rings. The maximum absolute atomic E-state index is 13.1. The first-order valence-corrected chi connectivity index (χ1v) is 12.1. The normalized spacial score (nSPS) is 18.0. The van der Waals surface area contributed by atoms with Crippen molar-refractivity contribution in [3.63, 3.8) is 0 Å². The first-order chi connectivity index (χ1) is 17.5. The van der Waals surface area contributed by atoms with Gasteiger partial charge < -0.3 is 10.6 Å². The Morgan fingerprint density at radius 2 is 1.89 bits per heavy atom. The zero-order valence-corrected chi connectivity index (χ0v) is 20.5. The van der Waals surface area contributed by atoms with Gasteiger partial charge in [0.25, 0.3) is 5.91 Å². The lowest BCUT2D eigenvalue weighted by Crippen LogP contribution is -2.38. The molecule has 0 aliphatic heterocycles. The monoisotopic (exact) mass is 512 g/mol. The number of aromatic nitrogens is 3. The molecule has 1 amide bonds. The van der Waals surface area contributed by atoms with E-state index >= 15 is 0 Å². The van der Waals surface area contributed by atoms with Crippen LogP contribution >= 0.6 is 0 Å². The second-order valence-electron chi connectivity index (χ2n) is 9.64. The number of hydrogen-bond acceptors (Lipinski definition) is 6. The van der Waals surface area contributed by atoms with Crippen molar-refractivity contribution < 1.29 is 22.8 Å². The van der Waals surface area contributed by atoms with Crippen molar-refractivity contribution in [3.8, 4) is 17.5 Å². The second-order valence-corrected chi connectivity index (χ2v) is 9.64. The first kappa shape index (κ1) is 26.1. The standard InChI is InChI=1S/C26H27F3N6O2/c1-15(2)33-21-11-22(23-8-7-19-9-17(12-30)13-32-35(19)23)31-14-20(21)25(37)34-18-5-3-16(4-6-18)10-24(36)26(27,28)29/h7-9,11,13-16,18H,3-6,10H2,1-2H3,(H,31,33)(H,34,37). The van der Waals surface area contributed by atoms with Gasteiger partial charge in [-0.05, 0) is 69.7 Å². The van der Waals surface area contributed by atoms with Gasteiger partial charge in [0.2, 0.25) is 5.78 Å². The highest BCUT2D eigenvalue weighted by molar-refractivity contribution is 6.00. The number of ketones is 1. The van der Waals surface area contributed by atoms with E-state index in [9.17, 15) is 22.8 Å². The zero-order chi connectivity index (χ0) is 26.7. The smallest absolute Gasteiger partial charge is 0.382 e. The molecule has 1 aliphatic carbocycles. The molecule has 11 heteroatoms. The highest BCUT2D eigenvalue weighted by atomic mass is 19.4. The van der Waals surface area contributed by atoms with E-state index in [1.165, 1.54) is 12.4 Å². The van der Waals surface area contributed by atoms with Gasteiger partial charge in [0, 0.05) is 24.7 Å². The molecule has 1 saturated carbocycles. The predicted octanol–water partition coefficient (Wildman–Crippen LogP) is 4.90. The molecule has 0 aromatic carbocycles. The Balaban J connectivity index is 1.48. The molecule has 0 saturated heterocycles. The van der Waals surface area contributed by atoms with Crippen molar-refractivity contribution in [2.45, 2.75) is 64.2 Å². The van der Waals surface area contributed by atoms with Crippen molar-refractivity contribution in [2.24, 2.45) is 5.92 Å². The average molecular weight is 513 g/mol. The second kappa shape index (κ2) is 10.6. The molecule has 3 heterocycles. The minimum absolute atomic E-state index is 0.0313. The number of anilines is 1. The summed E-state index contributed by atoms with van der Waals surface area (Å²) in [7, 11) is 0. The van der Waals surface area contributed by atoms with Crippen molar-refractivity contribution in [2.75, 3.05) is 5.32 Å². The first-order valence-electron chi connectivity index (χ1n) is 12.1. The Labute approximate surface area is 211 Å². The Morgan fingerprint density at radius 1 is 1.16 bits per heavy atom. The van der Waals surface area contributed by atoms with Gasteiger partial charge in [-0.1, -0.05) is 0 Å². The Morgan fingerprint density at radius 3 is 2.54 bits per heavy atom. The van der Waals surface area contributed by atoms with Crippen LogP contribution in [-0.2, 0) is 4.79 Å². The van der Waals surface area contributed by atoms with Crippen LogP contribution in [0.4, 0.5) is 18.9 Å². The molecule has 0 bridgehead atoms. The number of carbonyl (C=O) groups excluding carboxylic acids is 2. The van der Waals surface area contributed by atoms with Gasteiger partial charge in [-0.15, -0.1) is 0 Å². The number of Topliss-reactive ketones (excluding diaryl/α,β-unsaturated/α-hetero) is 1. The van der Waals surface area contributed by atoms with Crippen LogP contribution in [0.1, 0.15) is 61.9 Å². The van der Waals surface area contributed by atoms with Crippen LogP contribution in [0.25, 0.3) is 16.9 Å². The summed E-state index contributed by atoms with van der Waals surface area (Å²) in [4.78, 5) is 28.9. The molecule has 0 radical (unpaired) electrons.